The van der Waals surface area contributed by atoms with E-state index in [2.05, 4.69) is 10.4 Å². The van der Waals surface area contributed by atoms with Gasteiger partial charge < -0.3 is 10.2 Å². The van der Waals surface area contributed by atoms with Crippen molar-refractivity contribution in [2.75, 3.05) is 18.0 Å². The highest BCUT2D eigenvalue weighted by Gasteiger charge is 2.35. The number of benzene rings is 1. The van der Waals surface area contributed by atoms with E-state index in [-0.39, 0.29) is 43.4 Å². The lowest BCUT2D eigenvalue weighted by atomic mass is 9.97. The zero-order valence-corrected chi connectivity index (χ0v) is 16.1. The molecule has 1 fully saturated rings. The Morgan fingerprint density at radius 1 is 1.21 bits per heavy atom. The Hall–Kier alpha value is -3.03. The lowest BCUT2D eigenvalue weighted by Crippen LogP contribution is -2.37. The molecule has 8 heteroatoms. The van der Waals surface area contributed by atoms with E-state index in [1.165, 1.54) is 27.8 Å². The first-order valence-electron chi connectivity index (χ1n) is 9.95. The molecule has 2 aromatic rings. The molecular weight excluding hydrogens is 375 g/mol. The molecule has 0 spiro atoms. The third-order valence-electron chi connectivity index (χ3n) is 5.51. The minimum absolute atomic E-state index is 0.0827. The van der Waals surface area contributed by atoms with Gasteiger partial charge in [0.15, 0.2) is 0 Å². The Morgan fingerprint density at radius 3 is 2.86 bits per heavy atom. The summed E-state index contributed by atoms with van der Waals surface area (Å²) < 4.78 is 14.8. The number of hydrogen-bond donors (Lipinski definition) is 1. The molecule has 1 aromatic heterocycles. The van der Waals surface area contributed by atoms with Gasteiger partial charge in [-0.3, -0.25) is 14.4 Å². The van der Waals surface area contributed by atoms with Gasteiger partial charge in [-0.15, -0.1) is 0 Å². The summed E-state index contributed by atoms with van der Waals surface area (Å²) in [4.78, 5) is 38.3. The van der Waals surface area contributed by atoms with Gasteiger partial charge in [-0.25, -0.2) is 9.07 Å². The normalized spacial score (nSPS) is 18.6. The maximum atomic E-state index is 13.4. The van der Waals surface area contributed by atoms with Crippen molar-refractivity contribution in [3.8, 4) is 0 Å². The van der Waals surface area contributed by atoms with Crippen molar-refractivity contribution in [1.82, 2.24) is 15.1 Å². The second-order valence-electron chi connectivity index (χ2n) is 7.56. The van der Waals surface area contributed by atoms with Crippen molar-refractivity contribution >= 4 is 17.5 Å². The largest absolute Gasteiger partial charge is 0.354 e. The smallest absolute Gasteiger partial charge is 0.267 e. The summed E-state index contributed by atoms with van der Waals surface area (Å²) in [6.07, 6.45) is 4.02. The number of nitrogens with one attached hydrogen (secondary N) is 1. The van der Waals surface area contributed by atoms with E-state index in [0.717, 1.165) is 36.9 Å². The van der Waals surface area contributed by atoms with Gasteiger partial charge in [-0.2, -0.15) is 5.10 Å². The molecule has 0 bridgehead atoms. The topological polar surface area (TPSA) is 84.3 Å². The van der Waals surface area contributed by atoms with Crippen LogP contribution in [-0.2, 0) is 29.0 Å². The second kappa shape index (κ2) is 8.14. The molecule has 2 amide bonds. The lowest BCUT2D eigenvalue weighted by molar-refractivity contribution is -0.126. The first-order valence-corrected chi connectivity index (χ1v) is 9.95. The van der Waals surface area contributed by atoms with Crippen LogP contribution in [0.25, 0.3) is 0 Å². The Kier molecular flexibility index (Phi) is 5.42. The maximum absolute atomic E-state index is 13.4. The van der Waals surface area contributed by atoms with E-state index in [1.807, 2.05) is 0 Å². The van der Waals surface area contributed by atoms with Crippen molar-refractivity contribution in [1.29, 1.82) is 0 Å². The van der Waals surface area contributed by atoms with Gasteiger partial charge in [-0.1, -0.05) is 6.07 Å². The van der Waals surface area contributed by atoms with Gasteiger partial charge in [0.2, 0.25) is 11.8 Å². The highest BCUT2D eigenvalue weighted by Crippen LogP contribution is 2.25. The van der Waals surface area contributed by atoms with Crippen molar-refractivity contribution in [2.45, 2.75) is 38.6 Å². The van der Waals surface area contributed by atoms with Crippen molar-refractivity contribution in [3.63, 3.8) is 0 Å². The number of nitrogens with zero attached hydrogens (tertiary/aromatic N) is 3. The summed E-state index contributed by atoms with van der Waals surface area (Å²) in [5.74, 6) is -1.38. The maximum Gasteiger partial charge on any atom is 0.267 e. The van der Waals surface area contributed by atoms with Gasteiger partial charge in [0, 0.05) is 31.3 Å². The molecule has 0 unspecified atom stereocenters. The second-order valence-corrected chi connectivity index (χ2v) is 7.56. The molecule has 0 saturated carbocycles. The predicted octanol–water partition coefficient (Wildman–Crippen LogP) is 1.43. The number of halogens is 1. The minimum atomic E-state index is -0.501. The predicted molar refractivity (Wildman–Crippen MR) is 105 cm³/mol. The van der Waals surface area contributed by atoms with Gasteiger partial charge >= 0.3 is 0 Å². The zero-order chi connectivity index (χ0) is 20.4. The molecule has 1 saturated heterocycles. The number of carbonyl (C=O) groups excluding carboxylic acids is 2. The molecule has 1 aliphatic carbocycles. The highest BCUT2D eigenvalue weighted by atomic mass is 19.1. The van der Waals surface area contributed by atoms with Crippen LogP contribution in [0.2, 0.25) is 0 Å². The molecular formula is C21H23FN4O3. The van der Waals surface area contributed by atoms with Crippen molar-refractivity contribution < 1.29 is 14.0 Å². The van der Waals surface area contributed by atoms with Crippen LogP contribution in [0, 0.1) is 11.7 Å². The Labute approximate surface area is 167 Å². The summed E-state index contributed by atoms with van der Waals surface area (Å²) >= 11 is 0. The van der Waals surface area contributed by atoms with Crippen LogP contribution in [0.5, 0.6) is 0 Å². The van der Waals surface area contributed by atoms with E-state index < -0.39 is 11.7 Å². The molecule has 2 aliphatic rings. The molecule has 1 aliphatic heterocycles. The SMILES string of the molecule is O=C(NCCn1nc2c(cc1=O)CCCC2)[C@H]1CC(=O)N(c2cccc(F)c2)C1. The van der Waals surface area contributed by atoms with Crippen LogP contribution in [-0.4, -0.2) is 34.7 Å². The van der Waals surface area contributed by atoms with Gasteiger partial charge in [-0.05, 0) is 49.4 Å². The summed E-state index contributed by atoms with van der Waals surface area (Å²) in [5.41, 5.74) is 2.29. The molecule has 152 valence electrons. The van der Waals surface area contributed by atoms with Crippen LogP contribution in [0.3, 0.4) is 0 Å². The number of fused-ring (bicyclic) bond motifs is 1. The van der Waals surface area contributed by atoms with Crippen molar-refractivity contribution in [2.24, 2.45) is 5.92 Å². The molecule has 1 atom stereocenters. The third-order valence-corrected chi connectivity index (χ3v) is 5.51. The number of amides is 2. The Balaban J connectivity index is 1.34. The quantitative estimate of drug-likeness (QED) is 0.826. The molecule has 7 nitrogen and oxygen atoms in total. The lowest BCUT2D eigenvalue weighted by Gasteiger charge is -2.17. The number of anilines is 1. The molecule has 0 radical (unpaired) electrons. The number of hydrogen-bond acceptors (Lipinski definition) is 4. The summed E-state index contributed by atoms with van der Waals surface area (Å²) in [7, 11) is 0. The number of aryl methyl sites for hydroxylation is 2. The van der Waals surface area contributed by atoms with Crippen LogP contribution >= 0.6 is 0 Å². The van der Waals surface area contributed by atoms with Crippen LogP contribution < -0.4 is 15.8 Å². The molecule has 2 heterocycles. The van der Waals surface area contributed by atoms with Crippen LogP contribution in [0.15, 0.2) is 35.1 Å². The Morgan fingerprint density at radius 2 is 2.03 bits per heavy atom. The van der Waals surface area contributed by atoms with E-state index in [1.54, 1.807) is 12.1 Å². The van der Waals surface area contributed by atoms with E-state index >= 15 is 0 Å². The van der Waals surface area contributed by atoms with Crippen molar-refractivity contribution in [3.05, 3.63) is 57.8 Å². The average Bonchev–Trinajstić information content (AvgIpc) is 3.10. The fourth-order valence-electron chi connectivity index (χ4n) is 3.97. The minimum Gasteiger partial charge on any atom is -0.354 e. The Bertz CT molecular complexity index is 1000. The zero-order valence-electron chi connectivity index (χ0n) is 16.1. The number of aromatic nitrogens is 2. The molecule has 1 N–H and O–H groups in total. The summed E-state index contributed by atoms with van der Waals surface area (Å²) in [6.45, 7) is 0.756. The van der Waals surface area contributed by atoms with Crippen LogP contribution in [0.1, 0.15) is 30.5 Å². The first kappa shape index (κ1) is 19.3. The van der Waals surface area contributed by atoms with Crippen LogP contribution in [0.4, 0.5) is 10.1 Å². The number of rotatable bonds is 5. The molecule has 4 rings (SSSR count). The van der Waals surface area contributed by atoms with Gasteiger partial charge in [0.25, 0.3) is 5.56 Å². The first-order chi connectivity index (χ1) is 14.0. The molecule has 29 heavy (non-hydrogen) atoms. The third kappa shape index (κ3) is 4.21. The fraction of sp³-hybridized carbons (Fsp3) is 0.429. The fourth-order valence-corrected chi connectivity index (χ4v) is 3.97. The highest BCUT2D eigenvalue weighted by molar-refractivity contribution is 6.00. The summed E-state index contributed by atoms with van der Waals surface area (Å²) in [5, 5.41) is 7.23. The van der Waals surface area contributed by atoms with Gasteiger partial charge in [0.05, 0.1) is 18.2 Å². The van der Waals surface area contributed by atoms with Gasteiger partial charge in [0.1, 0.15) is 5.82 Å². The van der Waals surface area contributed by atoms with E-state index in [0.29, 0.717) is 5.69 Å². The number of carbonyl (C=O) groups is 2. The monoisotopic (exact) mass is 398 g/mol. The van der Waals surface area contributed by atoms with E-state index in [9.17, 15) is 18.8 Å². The standard InChI is InChI=1S/C21H23FN4O3/c22-16-5-3-6-17(12-16)25-13-15(11-19(25)27)21(29)23-8-9-26-20(28)10-14-4-1-2-7-18(14)24-26/h3,5-6,10,12,15H,1-2,4,7-9,11,13H2,(H,23,29)/t15-/m0/s1. The molecule has 1 aromatic carbocycles. The average molecular weight is 398 g/mol. The van der Waals surface area contributed by atoms with E-state index in [4.69, 9.17) is 0 Å². The summed E-state index contributed by atoms with van der Waals surface area (Å²) in [6, 6.07) is 7.43.